The van der Waals surface area contributed by atoms with E-state index < -0.39 is 12.0 Å². The summed E-state index contributed by atoms with van der Waals surface area (Å²) in [6.07, 6.45) is 1.74. The quantitative estimate of drug-likeness (QED) is 0.819. The van der Waals surface area contributed by atoms with Crippen LogP contribution < -0.4 is 5.73 Å². The molecule has 0 aliphatic carbocycles. The smallest absolute Gasteiger partial charge is 0.320 e. The number of aliphatic carboxylic acids is 1. The Kier molecular flexibility index (Phi) is 8.66. The van der Waals surface area contributed by atoms with Crippen molar-refractivity contribution in [2.75, 3.05) is 0 Å². The predicted octanol–water partition coefficient (Wildman–Crippen LogP) is 1.53. The zero-order valence-corrected chi connectivity index (χ0v) is 9.98. The summed E-state index contributed by atoms with van der Waals surface area (Å²) in [5, 5.41) is 8.85. The first-order chi connectivity index (χ1) is 6.11. The maximum Gasteiger partial charge on any atom is 0.320 e. The molecule has 0 saturated carbocycles. The highest BCUT2D eigenvalue weighted by atomic mass is 35.5. The molecule has 0 aromatic carbocycles. The van der Waals surface area contributed by atoms with Gasteiger partial charge in [-0.15, -0.1) is 24.8 Å². The molecule has 0 saturated heterocycles. The maximum absolute atomic E-state index is 10.4. The highest BCUT2D eigenvalue weighted by Gasteiger charge is 2.13. The monoisotopic (exact) mass is 272 g/mol. The SMILES string of the molecule is Cl.Cl.NC(Cc1cccnc1Cl)C(=O)O. The lowest BCUT2D eigenvalue weighted by Crippen LogP contribution is -2.32. The molecule has 0 bridgehead atoms. The minimum atomic E-state index is -1.04. The van der Waals surface area contributed by atoms with Gasteiger partial charge in [0.05, 0.1) is 0 Å². The van der Waals surface area contributed by atoms with Crippen LogP contribution in [0.5, 0.6) is 0 Å². The van der Waals surface area contributed by atoms with Crippen molar-refractivity contribution in [2.24, 2.45) is 5.73 Å². The van der Waals surface area contributed by atoms with E-state index >= 15 is 0 Å². The van der Waals surface area contributed by atoms with Crippen molar-refractivity contribution in [3.05, 3.63) is 29.0 Å². The van der Waals surface area contributed by atoms with Crippen molar-refractivity contribution in [3.63, 3.8) is 0 Å². The Morgan fingerprint density at radius 3 is 2.67 bits per heavy atom. The van der Waals surface area contributed by atoms with E-state index in [0.717, 1.165) is 0 Å². The van der Waals surface area contributed by atoms with Crippen LogP contribution in [0.4, 0.5) is 0 Å². The van der Waals surface area contributed by atoms with Crippen LogP contribution in [-0.4, -0.2) is 22.1 Å². The maximum atomic E-state index is 10.4. The van der Waals surface area contributed by atoms with E-state index in [0.29, 0.717) is 10.7 Å². The van der Waals surface area contributed by atoms with Gasteiger partial charge in [-0.25, -0.2) is 4.98 Å². The molecule has 0 aliphatic rings. The third-order valence-electron chi connectivity index (χ3n) is 1.59. The summed E-state index contributed by atoms with van der Waals surface area (Å²) in [4.78, 5) is 14.2. The van der Waals surface area contributed by atoms with Crippen LogP contribution in [0.2, 0.25) is 5.15 Å². The molecule has 0 radical (unpaired) electrons. The van der Waals surface area contributed by atoms with Gasteiger partial charge in [0.2, 0.25) is 0 Å². The zero-order valence-electron chi connectivity index (χ0n) is 7.59. The Balaban J connectivity index is 0. The second kappa shape index (κ2) is 7.70. The van der Waals surface area contributed by atoms with Gasteiger partial charge in [0.25, 0.3) is 0 Å². The molecule has 7 heteroatoms. The highest BCUT2D eigenvalue weighted by Crippen LogP contribution is 2.12. The Hall–Kier alpha value is -0.550. The van der Waals surface area contributed by atoms with E-state index in [2.05, 4.69) is 4.98 Å². The fourth-order valence-corrected chi connectivity index (χ4v) is 1.09. The van der Waals surface area contributed by atoms with Crippen LogP contribution in [0.25, 0.3) is 0 Å². The van der Waals surface area contributed by atoms with Crippen molar-refractivity contribution >= 4 is 42.4 Å². The lowest BCUT2D eigenvalue weighted by molar-refractivity contribution is -0.138. The minimum absolute atomic E-state index is 0. The number of aromatic nitrogens is 1. The summed E-state index contributed by atoms with van der Waals surface area (Å²) in [7, 11) is 0. The van der Waals surface area contributed by atoms with Crippen molar-refractivity contribution in [3.8, 4) is 0 Å². The van der Waals surface area contributed by atoms with Gasteiger partial charge in [-0.2, -0.15) is 0 Å². The summed E-state index contributed by atoms with van der Waals surface area (Å²) in [6, 6.07) is 2.47. The minimum Gasteiger partial charge on any atom is -0.480 e. The number of halogens is 3. The third-order valence-corrected chi connectivity index (χ3v) is 1.93. The van der Waals surface area contributed by atoms with E-state index in [9.17, 15) is 4.79 Å². The lowest BCUT2D eigenvalue weighted by atomic mass is 10.1. The number of pyridine rings is 1. The van der Waals surface area contributed by atoms with E-state index in [1.54, 1.807) is 12.1 Å². The van der Waals surface area contributed by atoms with E-state index in [4.69, 9.17) is 22.4 Å². The number of nitrogens with zero attached hydrogens (tertiary/aromatic N) is 1. The molecule has 0 amide bonds. The van der Waals surface area contributed by atoms with Gasteiger partial charge in [-0.05, 0) is 11.6 Å². The molecule has 15 heavy (non-hydrogen) atoms. The predicted molar refractivity (Wildman–Crippen MR) is 63.1 cm³/mol. The van der Waals surface area contributed by atoms with Crippen molar-refractivity contribution in [1.29, 1.82) is 0 Å². The van der Waals surface area contributed by atoms with Crippen LogP contribution in [-0.2, 0) is 11.2 Å². The number of carbonyl (C=O) groups is 1. The second-order valence-electron chi connectivity index (χ2n) is 2.60. The molecular formula is C8H11Cl3N2O2. The molecule has 3 N–H and O–H groups in total. The summed E-state index contributed by atoms with van der Waals surface area (Å²) in [6.45, 7) is 0. The fraction of sp³-hybridized carbons (Fsp3) is 0.250. The van der Waals surface area contributed by atoms with Crippen LogP contribution in [0.15, 0.2) is 18.3 Å². The van der Waals surface area contributed by atoms with Crippen molar-refractivity contribution in [1.82, 2.24) is 4.98 Å². The van der Waals surface area contributed by atoms with Crippen LogP contribution >= 0.6 is 36.4 Å². The topological polar surface area (TPSA) is 76.2 Å². The summed E-state index contributed by atoms with van der Waals surface area (Å²) in [5.41, 5.74) is 5.98. The standard InChI is InChI=1S/C8H9ClN2O2.2ClH/c9-7-5(2-1-3-11-7)4-6(10)8(12)13;;/h1-3,6H,4,10H2,(H,12,13);2*1H. The Morgan fingerprint density at radius 2 is 2.20 bits per heavy atom. The first-order valence-corrected chi connectivity index (χ1v) is 4.07. The molecule has 1 heterocycles. The molecule has 0 fully saturated rings. The first kappa shape index (κ1) is 16.9. The van der Waals surface area contributed by atoms with Crippen molar-refractivity contribution < 1.29 is 9.90 Å². The Bertz CT molecular complexity index is 323. The van der Waals surface area contributed by atoms with Gasteiger partial charge in [-0.3, -0.25) is 4.79 Å². The number of hydrogen-bond acceptors (Lipinski definition) is 3. The van der Waals surface area contributed by atoms with E-state index in [-0.39, 0.29) is 31.2 Å². The number of carboxylic acid groups (broad SMARTS) is 1. The van der Waals surface area contributed by atoms with Crippen LogP contribution in [0, 0.1) is 0 Å². The molecular weight excluding hydrogens is 262 g/mol. The molecule has 1 aromatic rings. The highest BCUT2D eigenvalue weighted by molar-refractivity contribution is 6.30. The van der Waals surface area contributed by atoms with Gasteiger partial charge in [0, 0.05) is 12.6 Å². The van der Waals surface area contributed by atoms with Gasteiger partial charge >= 0.3 is 5.97 Å². The molecule has 0 aliphatic heterocycles. The van der Waals surface area contributed by atoms with Gasteiger partial charge in [0.1, 0.15) is 11.2 Å². The summed E-state index contributed by atoms with van der Waals surface area (Å²) < 4.78 is 0. The molecule has 4 nitrogen and oxygen atoms in total. The number of nitrogens with two attached hydrogens (primary N) is 1. The average Bonchev–Trinajstić information content (AvgIpc) is 2.08. The normalized spacial score (nSPS) is 10.8. The second-order valence-corrected chi connectivity index (χ2v) is 2.96. The molecule has 86 valence electrons. The van der Waals surface area contributed by atoms with Crippen LogP contribution in [0.3, 0.4) is 0 Å². The summed E-state index contributed by atoms with van der Waals surface area (Å²) >= 11 is 5.71. The largest absolute Gasteiger partial charge is 0.480 e. The molecule has 1 aromatic heterocycles. The zero-order chi connectivity index (χ0) is 9.84. The molecule has 1 rings (SSSR count). The number of hydrogen-bond donors (Lipinski definition) is 2. The van der Waals surface area contributed by atoms with Crippen LogP contribution in [0.1, 0.15) is 5.56 Å². The molecule has 0 spiro atoms. The Morgan fingerprint density at radius 1 is 1.60 bits per heavy atom. The Labute approximate surface area is 105 Å². The average molecular weight is 274 g/mol. The first-order valence-electron chi connectivity index (χ1n) is 3.69. The van der Waals surface area contributed by atoms with Crippen molar-refractivity contribution in [2.45, 2.75) is 12.5 Å². The molecule has 1 atom stereocenters. The lowest BCUT2D eigenvalue weighted by Gasteiger charge is -2.06. The van der Waals surface area contributed by atoms with Gasteiger partial charge in [-0.1, -0.05) is 17.7 Å². The fourth-order valence-electron chi connectivity index (χ4n) is 0.896. The third kappa shape index (κ3) is 5.18. The van der Waals surface area contributed by atoms with Gasteiger partial charge < -0.3 is 10.8 Å². The number of rotatable bonds is 3. The number of carboxylic acids is 1. The van der Waals surface area contributed by atoms with Gasteiger partial charge in [0.15, 0.2) is 0 Å². The van der Waals surface area contributed by atoms with E-state index in [1.165, 1.54) is 6.20 Å². The summed E-state index contributed by atoms with van der Waals surface area (Å²) in [5.74, 6) is -1.04. The molecule has 1 unspecified atom stereocenters. The van der Waals surface area contributed by atoms with E-state index in [1.807, 2.05) is 0 Å².